The van der Waals surface area contributed by atoms with Crippen LogP contribution in [0.15, 0.2) is 133 Å². The Bertz CT molecular complexity index is 3120. The molecule has 26 nitrogen and oxygen atoms in total. The molecule has 14 N–H and O–H groups in total. The number of hydrogen-bond acceptors (Lipinski definition) is 20. The topological polar surface area (TPSA) is 408 Å². The molecule has 2 heterocycles. The largest absolute Gasteiger partial charge is 0.477 e. The van der Waals surface area contributed by atoms with Gasteiger partial charge in [-0.2, -0.15) is 23.5 Å². The molecule has 0 aromatic heterocycles. The molecule has 506 valence electrons. The molecule has 12 atom stereocenters. The monoisotopic (exact) mass is 1340 g/mol. The zero-order valence-electron chi connectivity index (χ0n) is 51.7. The van der Waals surface area contributed by atoms with Crippen molar-refractivity contribution in [3.63, 3.8) is 0 Å². The van der Waals surface area contributed by atoms with Crippen LogP contribution in [-0.2, 0) is 47.7 Å². The first kappa shape index (κ1) is 73.6. The molecule has 2 aliphatic heterocycles. The van der Waals surface area contributed by atoms with Crippen LogP contribution in [0.5, 0.6) is 0 Å². The second kappa shape index (κ2) is 35.6. The highest BCUT2D eigenvalue weighted by Crippen LogP contribution is 2.36. The Morgan fingerprint density at radius 3 is 1.18 bits per heavy atom. The van der Waals surface area contributed by atoms with Crippen molar-refractivity contribution >= 4 is 82.3 Å². The number of amides is 6. The van der Waals surface area contributed by atoms with E-state index in [1.54, 1.807) is 72.8 Å². The summed E-state index contributed by atoms with van der Waals surface area (Å²) < 4.78 is 23.2. The van der Waals surface area contributed by atoms with Crippen LogP contribution in [0, 0.1) is 0 Å². The molecular weight excluding hydrogens is 1260 g/mol. The first-order valence-electron chi connectivity index (χ1n) is 30.4. The van der Waals surface area contributed by atoms with Gasteiger partial charge in [-0.25, -0.2) is 9.59 Å². The van der Waals surface area contributed by atoms with Crippen LogP contribution in [0.2, 0.25) is 0 Å². The maximum atomic E-state index is 13.1. The normalized spacial score (nSPS) is 22.3. The number of carbonyl (C=O) groups excluding carboxylic acids is 6. The SMILES string of the molecule is CC(=O)N[C@@H]1C(O)C[C@](OCCCSCCC(=O)Nc2ccccc2NC(=O)CCSCCCO[C@]2(C(=O)O)C[C@H](O)[C@@H](NC(C)=O)C([C@H](O)[C@H](O)CNC(=O)c3ccc(-c4ccccc4)cc3)O2)(C(=O)O)O[C@H]1[C@H](O)[C@H](O)CNC(=O)c1ccc(-c2ccccc2)cc1. The number of ether oxygens (including phenoxy) is 4. The van der Waals surface area contributed by atoms with Gasteiger partial charge < -0.3 is 91.7 Å². The molecule has 7 rings (SSSR count). The van der Waals surface area contributed by atoms with Crippen molar-refractivity contribution < 1.29 is 98.2 Å². The van der Waals surface area contributed by atoms with E-state index in [9.17, 15) is 79.2 Å². The fraction of sp³-hybridized carbons (Fsp3) is 0.424. The Kier molecular flexibility index (Phi) is 27.9. The van der Waals surface area contributed by atoms with E-state index in [0.29, 0.717) is 34.4 Å². The number of hydrogen-bond donors (Lipinski definition) is 14. The Balaban J connectivity index is 0.800. The minimum absolute atomic E-state index is 0.0488. The molecule has 6 amide bonds. The zero-order valence-corrected chi connectivity index (χ0v) is 53.3. The van der Waals surface area contributed by atoms with Crippen molar-refractivity contribution in [3.05, 3.63) is 145 Å². The highest BCUT2D eigenvalue weighted by atomic mass is 32.2. The van der Waals surface area contributed by atoms with Gasteiger partial charge in [-0.1, -0.05) is 97.1 Å². The van der Waals surface area contributed by atoms with Gasteiger partial charge in [0.2, 0.25) is 23.6 Å². The van der Waals surface area contributed by atoms with E-state index in [4.69, 9.17) is 18.9 Å². The maximum absolute atomic E-state index is 13.1. The van der Waals surface area contributed by atoms with Crippen LogP contribution in [0.4, 0.5) is 11.4 Å². The van der Waals surface area contributed by atoms with Gasteiger partial charge in [0.1, 0.15) is 24.4 Å². The second-order valence-electron chi connectivity index (χ2n) is 22.5. The van der Waals surface area contributed by atoms with Gasteiger partial charge in [0.15, 0.2) is 0 Å². The predicted octanol–water partition coefficient (Wildman–Crippen LogP) is 3.13. The molecule has 5 aromatic carbocycles. The number of aliphatic hydroxyl groups is 6. The first-order valence-corrected chi connectivity index (χ1v) is 32.7. The lowest BCUT2D eigenvalue weighted by molar-refractivity contribution is -0.310. The Labute approximate surface area is 550 Å². The highest BCUT2D eigenvalue weighted by molar-refractivity contribution is 7.99. The van der Waals surface area contributed by atoms with Gasteiger partial charge in [-0.15, -0.1) is 0 Å². The number of aliphatic hydroxyl groups excluding tert-OH is 6. The quantitative estimate of drug-likeness (QED) is 0.0263. The lowest BCUT2D eigenvalue weighted by Crippen LogP contribution is -2.68. The van der Waals surface area contributed by atoms with E-state index in [0.717, 1.165) is 36.1 Å². The molecule has 2 unspecified atom stereocenters. The molecule has 94 heavy (non-hydrogen) atoms. The number of carbonyl (C=O) groups is 8. The Morgan fingerprint density at radius 2 is 0.840 bits per heavy atom. The lowest BCUT2D eigenvalue weighted by atomic mass is 9.88. The number of rotatable bonds is 34. The molecule has 0 aliphatic carbocycles. The molecule has 5 aromatic rings. The molecule has 0 spiro atoms. The smallest absolute Gasteiger partial charge is 0.364 e. The number of anilines is 2. The van der Waals surface area contributed by atoms with Crippen molar-refractivity contribution in [2.75, 3.05) is 59.9 Å². The van der Waals surface area contributed by atoms with Crippen LogP contribution in [0.3, 0.4) is 0 Å². The second-order valence-corrected chi connectivity index (χ2v) is 24.9. The Hall–Kier alpha value is -7.84. The van der Waals surface area contributed by atoms with Gasteiger partial charge in [-0.05, 0) is 83.0 Å². The molecular formula is C66H80N6O20S2. The van der Waals surface area contributed by atoms with Crippen LogP contribution >= 0.6 is 23.5 Å². The average molecular weight is 1340 g/mol. The number of aliphatic carboxylic acids is 2. The Morgan fingerprint density at radius 1 is 0.500 bits per heavy atom. The third kappa shape index (κ3) is 20.8. The van der Waals surface area contributed by atoms with E-state index >= 15 is 0 Å². The minimum Gasteiger partial charge on any atom is -0.477 e. The number of carboxylic acids is 2. The van der Waals surface area contributed by atoms with Crippen molar-refractivity contribution in [2.45, 2.75) is 125 Å². The summed E-state index contributed by atoms with van der Waals surface area (Å²) >= 11 is 2.71. The summed E-state index contributed by atoms with van der Waals surface area (Å²) in [7, 11) is 0. The van der Waals surface area contributed by atoms with Gasteiger partial charge in [-0.3, -0.25) is 28.8 Å². The molecule has 2 saturated heterocycles. The van der Waals surface area contributed by atoms with Gasteiger partial charge in [0, 0.05) is 75.3 Å². The summed E-state index contributed by atoms with van der Waals surface area (Å²) in [6.45, 7) is 0.816. The fourth-order valence-corrected chi connectivity index (χ4v) is 12.2. The number of thioether (sulfide) groups is 2. The van der Waals surface area contributed by atoms with Crippen LogP contribution < -0.4 is 31.9 Å². The molecule has 2 aliphatic rings. The van der Waals surface area contributed by atoms with E-state index in [1.165, 1.54) is 23.5 Å². The molecule has 28 heteroatoms. The molecule has 0 radical (unpaired) electrons. The van der Waals surface area contributed by atoms with Gasteiger partial charge in [0.05, 0.1) is 61.1 Å². The third-order valence-electron chi connectivity index (χ3n) is 15.4. The third-order valence-corrected chi connectivity index (χ3v) is 17.5. The molecule has 0 bridgehead atoms. The van der Waals surface area contributed by atoms with Crippen molar-refractivity contribution in [1.82, 2.24) is 21.3 Å². The van der Waals surface area contributed by atoms with Crippen molar-refractivity contribution in [1.29, 1.82) is 0 Å². The van der Waals surface area contributed by atoms with Crippen molar-refractivity contribution in [2.24, 2.45) is 0 Å². The minimum atomic E-state index is -2.52. The van der Waals surface area contributed by atoms with E-state index in [2.05, 4.69) is 31.9 Å². The van der Waals surface area contributed by atoms with Gasteiger partial charge in [0.25, 0.3) is 23.4 Å². The number of carboxylic acid groups (broad SMARTS) is 2. The van der Waals surface area contributed by atoms with Crippen LogP contribution in [0.1, 0.15) is 73.1 Å². The summed E-state index contributed by atoms with van der Waals surface area (Å²) in [5.74, 6) is -10.1. The average Bonchev–Trinajstić information content (AvgIpc) is 0.780. The van der Waals surface area contributed by atoms with E-state index in [1.807, 2.05) is 60.7 Å². The van der Waals surface area contributed by atoms with E-state index in [-0.39, 0.29) is 61.8 Å². The van der Waals surface area contributed by atoms with Crippen LogP contribution in [-0.4, -0.2) is 210 Å². The van der Waals surface area contributed by atoms with Gasteiger partial charge >= 0.3 is 11.9 Å². The van der Waals surface area contributed by atoms with Crippen molar-refractivity contribution in [3.8, 4) is 22.3 Å². The zero-order chi connectivity index (χ0) is 68.0. The first-order chi connectivity index (χ1) is 45.0. The lowest BCUT2D eigenvalue weighted by Gasteiger charge is -2.46. The molecule has 0 saturated carbocycles. The number of benzene rings is 5. The summed E-state index contributed by atoms with van der Waals surface area (Å²) in [5.41, 5.74) is 4.82. The fourth-order valence-electron chi connectivity index (χ4n) is 10.5. The van der Waals surface area contributed by atoms with E-state index < -0.39 is 134 Å². The van der Waals surface area contributed by atoms with Crippen LogP contribution in [0.25, 0.3) is 22.3 Å². The number of nitrogens with one attached hydrogen (secondary N) is 6. The summed E-state index contributed by atoms with van der Waals surface area (Å²) in [5, 5.41) is 103. The predicted molar refractivity (Wildman–Crippen MR) is 348 cm³/mol. The standard InChI is InChI=1S/C66H80N6O20S2/c1-39(73)69-55-49(75)35-65(63(85)86,91-59(55)57(81)51(77)37-67-61(83)45-23-19-43(20-24-45)41-13-5-3-6-14-41)89-29-11-31-93-33-27-53(79)71-47-17-9-10-18-48(47)72-54(80)28-34-94-32-12-30-90-66(64(87)88)36-50(76)56(70-40(2)74)60(92-66)58(82)52(78)38-68-62(84)46-25-21-44(22-26-46)42-15-7-4-8-16-42/h3-10,13-26,49-52,55-60,75-78,81-82H,11-12,27-38H2,1-2H3,(H,67,83)(H,68,84)(H,69,73)(H,70,74)(H,71,79)(H,72,80)(H,85,86)(H,87,88)/t49-,50?,51+,52+,55+,56+,57+,58+,59?,60+,65+,66+/m0/s1. The maximum Gasteiger partial charge on any atom is 0.364 e. The summed E-state index contributed by atoms with van der Waals surface area (Å²) in [4.78, 5) is 102. The summed E-state index contributed by atoms with van der Waals surface area (Å²) in [6.07, 6.45) is -14.8. The number of para-hydroxylation sites is 2. The highest BCUT2D eigenvalue weighted by Gasteiger charge is 2.57. The summed E-state index contributed by atoms with van der Waals surface area (Å²) in [6, 6.07) is 36.1. The molecule has 2 fully saturated rings.